The van der Waals surface area contributed by atoms with Crippen molar-refractivity contribution in [1.82, 2.24) is 10.2 Å². The van der Waals surface area contributed by atoms with Gasteiger partial charge in [0.2, 0.25) is 5.91 Å². The zero-order chi connectivity index (χ0) is 12.3. The third kappa shape index (κ3) is 3.68. The first kappa shape index (κ1) is 12.8. The van der Waals surface area contributed by atoms with E-state index in [9.17, 15) is 4.79 Å². The second kappa shape index (κ2) is 5.83. The first-order valence-electron chi connectivity index (χ1n) is 6.75. The summed E-state index contributed by atoms with van der Waals surface area (Å²) in [6.07, 6.45) is 4.58. The monoisotopic (exact) mass is 240 g/mol. The molecule has 1 unspecified atom stereocenters. The lowest BCUT2D eigenvalue weighted by Gasteiger charge is -2.29. The fourth-order valence-corrected chi connectivity index (χ4v) is 2.42. The second-order valence-electron chi connectivity index (χ2n) is 5.36. The number of ether oxygens (including phenoxy) is 1. The van der Waals surface area contributed by atoms with Crippen LogP contribution in [0.5, 0.6) is 0 Å². The van der Waals surface area contributed by atoms with Gasteiger partial charge >= 0.3 is 0 Å². The summed E-state index contributed by atoms with van der Waals surface area (Å²) in [5.41, 5.74) is 0. The standard InChI is InChI=1S/C13H24N2O2/c1-10(11-5-7-17-8-6-11)14-9-13(16)15(2)12-3-4-12/h10-12,14H,3-9H2,1-2H3. The molecule has 1 amide bonds. The Kier molecular flexibility index (Phi) is 4.40. The van der Waals surface area contributed by atoms with Crippen molar-refractivity contribution < 1.29 is 9.53 Å². The SMILES string of the molecule is CC(NCC(=O)N(C)C1CC1)C1CCOCC1. The van der Waals surface area contributed by atoms with Crippen LogP contribution in [0.25, 0.3) is 0 Å². The van der Waals surface area contributed by atoms with Gasteiger partial charge in [-0.15, -0.1) is 0 Å². The molecule has 2 fully saturated rings. The molecular weight excluding hydrogens is 216 g/mol. The molecule has 98 valence electrons. The molecule has 17 heavy (non-hydrogen) atoms. The van der Waals surface area contributed by atoms with Crippen LogP contribution in [0.4, 0.5) is 0 Å². The topological polar surface area (TPSA) is 41.6 Å². The van der Waals surface area contributed by atoms with E-state index in [2.05, 4.69) is 12.2 Å². The van der Waals surface area contributed by atoms with Crippen molar-refractivity contribution in [3.05, 3.63) is 0 Å². The van der Waals surface area contributed by atoms with Crippen LogP contribution in [0.3, 0.4) is 0 Å². The van der Waals surface area contributed by atoms with E-state index in [0.717, 1.165) is 26.1 Å². The van der Waals surface area contributed by atoms with Crippen LogP contribution in [0, 0.1) is 5.92 Å². The molecule has 0 aromatic rings. The van der Waals surface area contributed by atoms with Gasteiger partial charge in [0.1, 0.15) is 0 Å². The molecule has 1 aliphatic heterocycles. The van der Waals surface area contributed by atoms with Gasteiger partial charge in [-0.3, -0.25) is 4.79 Å². The van der Waals surface area contributed by atoms with Crippen molar-refractivity contribution >= 4 is 5.91 Å². The Hall–Kier alpha value is -0.610. The number of carbonyl (C=O) groups is 1. The largest absolute Gasteiger partial charge is 0.381 e. The van der Waals surface area contributed by atoms with Crippen LogP contribution < -0.4 is 5.32 Å². The smallest absolute Gasteiger partial charge is 0.236 e. The van der Waals surface area contributed by atoms with E-state index in [4.69, 9.17) is 4.74 Å². The number of rotatable bonds is 5. The Labute approximate surface area is 104 Å². The summed E-state index contributed by atoms with van der Waals surface area (Å²) in [6, 6.07) is 0.929. The van der Waals surface area contributed by atoms with E-state index < -0.39 is 0 Å². The number of nitrogens with zero attached hydrogens (tertiary/aromatic N) is 1. The number of hydrogen-bond donors (Lipinski definition) is 1. The molecule has 1 saturated heterocycles. The van der Waals surface area contributed by atoms with Gasteiger partial charge < -0.3 is 15.0 Å². The lowest BCUT2D eigenvalue weighted by Crippen LogP contribution is -2.43. The molecule has 2 aliphatic rings. The van der Waals surface area contributed by atoms with Gasteiger partial charge in [-0.05, 0) is 38.5 Å². The highest BCUT2D eigenvalue weighted by atomic mass is 16.5. The average Bonchev–Trinajstić information content (AvgIpc) is 3.20. The molecule has 0 bridgehead atoms. The Morgan fingerprint density at radius 3 is 2.59 bits per heavy atom. The van der Waals surface area contributed by atoms with Crippen molar-refractivity contribution in [3.63, 3.8) is 0 Å². The van der Waals surface area contributed by atoms with Gasteiger partial charge in [0.05, 0.1) is 6.54 Å². The summed E-state index contributed by atoms with van der Waals surface area (Å²) < 4.78 is 5.35. The lowest BCUT2D eigenvalue weighted by molar-refractivity contribution is -0.129. The Bertz CT molecular complexity index is 260. The number of nitrogens with one attached hydrogen (secondary N) is 1. The van der Waals surface area contributed by atoms with Crippen LogP contribution >= 0.6 is 0 Å². The van der Waals surface area contributed by atoms with Gasteiger partial charge in [-0.2, -0.15) is 0 Å². The molecule has 1 N–H and O–H groups in total. The summed E-state index contributed by atoms with van der Waals surface area (Å²) in [7, 11) is 1.92. The van der Waals surface area contributed by atoms with E-state index in [0.29, 0.717) is 24.5 Å². The predicted molar refractivity (Wildman–Crippen MR) is 66.8 cm³/mol. The first-order valence-corrected chi connectivity index (χ1v) is 6.75. The minimum absolute atomic E-state index is 0.228. The predicted octanol–water partition coefficient (Wildman–Crippen LogP) is 1.01. The zero-order valence-electron chi connectivity index (χ0n) is 10.9. The highest BCUT2D eigenvalue weighted by Gasteiger charge is 2.29. The maximum Gasteiger partial charge on any atom is 0.236 e. The Morgan fingerprint density at radius 2 is 2.00 bits per heavy atom. The van der Waals surface area contributed by atoms with E-state index in [1.54, 1.807) is 0 Å². The molecular formula is C13H24N2O2. The fraction of sp³-hybridized carbons (Fsp3) is 0.923. The van der Waals surface area contributed by atoms with E-state index in [1.165, 1.54) is 12.8 Å². The van der Waals surface area contributed by atoms with Crippen LogP contribution in [-0.4, -0.2) is 49.7 Å². The van der Waals surface area contributed by atoms with E-state index in [1.807, 2.05) is 11.9 Å². The van der Waals surface area contributed by atoms with E-state index in [-0.39, 0.29) is 5.91 Å². The highest BCUT2D eigenvalue weighted by molar-refractivity contribution is 5.78. The summed E-state index contributed by atoms with van der Waals surface area (Å²) in [5.74, 6) is 0.884. The number of likely N-dealkylation sites (N-methyl/N-ethyl adjacent to an activating group) is 1. The second-order valence-corrected chi connectivity index (χ2v) is 5.36. The maximum atomic E-state index is 11.9. The van der Waals surface area contributed by atoms with Gasteiger partial charge in [0.15, 0.2) is 0 Å². The minimum Gasteiger partial charge on any atom is -0.381 e. The summed E-state index contributed by atoms with van der Waals surface area (Å²) in [4.78, 5) is 13.7. The quantitative estimate of drug-likeness (QED) is 0.780. The highest BCUT2D eigenvalue weighted by Crippen LogP contribution is 2.25. The molecule has 0 aromatic carbocycles. The maximum absolute atomic E-state index is 11.9. The first-order chi connectivity index (χ1) is 8.18. The van der Waals surface area contributed by atoms with Crippen molar-refractivity contribution in [3.8, 4) is 0 Å². The van der Waals surface area contributed by atoms with Crippen molar-refractivity contribution in [2.75, 3.05) is 26.8 Å². The molecule has 4 nitrogen and oxygen atoms in total. The molecule has 1 heterocycles. The van der Waals surface area contributed by atoms with Crippen LogP contribution in [0.2, 0.25) is 0 Å². The van der Waals surface area contributed by atoms with Gasteiger partial charge in [-0.25, -0.2) is 0 Å². The zero-order valence-corrected chi connectivity index (χ0v) is 10.9. The van der Waals surface area contributed by atoms with Crippen molar-refractivity contribution in [1.29, 1.82) is 0 Å². The van der Waals surface area contributed by atoms with Crippen LogP contribution in [0.15, 0.2) is 0 Å². The van der Waals surface area contributed by atoms with Gasteiger partial charge in [-0.1, -0.05) is 0 Å². The summed E-state index contributed by atoms with van der Waals surface area (Å²) >= 11 is 0. The minimum atomic E-state index is 0.228. The Balaban J connectivity index is 1.67. The number of amides is 1. The molecule has 0 radical (unpaired) electrons. The fourth-order valence-electron chi connectivity index (χ4n) is 2.42. The summed E-state index contributed by atoms with van der Waals surface area (Å²) in [5, 5.41) is 3.37. The normalized spacial score (nSPS) is 23.4. The molecule has 1 saturated carbocycles. The third-order valence-corrected chi connectivity index (χ3v) is 4.04. The Morgan fingerprint density at radius 1 is 1.35 bits per heavy atom. The third-order valence-electron chi connectivity index (χ3n) is 4.04. The van der Waals surface area contributed by atoms with Crippen LogP contribution in [-0.2, 0) is 9.53 Å². The molecule has 0 aromatic heterocycles. The average molecular weight is 240 g/mol. The van der Waals surface area contributed by atoms with Gasteiger partial charge in [0.25, 0.3) is 0 Å². The molecule has 1 atom stereocenters. The number of hydrogen-bond acceptors (Lipinski definition) is 3. The lowest BCUT2D eigenvalue weighted by atomic mass is 9.93. The molecule has 2 rings (SSSR count). The molecule has 1 aliphatic carbocycles. The van der Waals surface area contributed by atoms with Crippen molar-refractivity contribution in [2.24, 2.45) is 5.92 Å². The van der Waals surface area contributed by atoms with E-state index >= 15 is 0 Å². The molecule has 4 heteroatoms. The van der Waals surface area contributed by atoms with Gasteiger partial charge in [0, 0.05) is 32.3 Å². The summed E-state index contributed by atoms with van der Waals surface area (Å²) in [6.45, 7) is 4.39. The van der Waals surface area contributed by atoms with Crippen LogP contribution in [0.1, 0.15) is 32.6 Å². The molecule has 0 spiro atoms. The number of carbonyl (C=O) groups excluding carboxylic acids is 1. The van der Waals surface area contributed by atoms with Crippen molar-refractivity contribution in [2.45, 2.75) is 44.7 Å².